The van der Waals surface area contributed by atoms with Crippen molar-refractivity contribution in [1.82, 2.24) is 14.7 Å². The fraction of sp³-hybridized carbons (Fsp3) is 0.882. The fourth-order valence-corrected chi connectivity index (χ4v) is 7.33. The lowest BCUT2D eigenvalue weighted by Crippen LogP contribution is -2.59. The van der Waals surface area contributed by atoms with Crippen LogP contribution in [0.2, 0.25) is 0 Å². The van der Waals surface area contributed by atoms with E-state index in [1.807, 2.05) is 39.9 Å². The molecule has 3 rings (SSSR count). The largest absolute Gasteiger partial charge is 0.463 e. The number of aliphatic hydroxyl groups is 1. The van der Waals surface area contributed by atoms with E-state index in [1.54, 1.807) is 21.0 Å². The number of Topliss-reactive ketones (excluding diaryl/α,β-unsaturated/α-hetero) is 1. The van der Waals surface area contributed by atoms with Gasteiger partial charge in [-0.05, 0) is 93.4 Å². The number of hydrogen-bond donors (Lipinski definition) is 1. The molecule has 0 aromatic heterocycles. The Hall–Kier alpha value is -1.47. The van der Waals surface area contributed by atoms with Gasteiger partial charge < -0.3 is 33.9 Å². The molecule has 0 saturated carbocycles. The number of rotatable bonds is 9. The van der Waals surface area contributed by atoms with Crippen LogP contribution in [0.4, 0.5) is 4.39 Å². The Balaban J connectivity index is 1.93. The van der Waals surface area contributed by atoms with Crippen LogP contribution in [-0.4, -0.2) is 141 Å². The highest BCUT2D eigenvalue weighted by Crippen LogP contribution is 2.39. The van der Waals surface area contributed by atoms with Gasteiger partial charge in [-0.2, -0.15) is 0 Å². The standard InChI is InChI=1S/C34H60FN3O7/c1-11-26-29(40)33(4,5)32(41)43-21-25(13-12-15-38-16-14-24(35)20-38)37(9)19-22(2)18-34(6,42-10)30(26)45-31-28(39)27(36(7)8)17-23(3)44-31/h11,22-28,30-31,39H,1,12-21H2,2-10H3/t22-,23-,24-,25+,26+,27+,28-,30-,31+,34-/m1/s1. The highest BCUT2D eigenvalue weighted by molar-refractivity contribution is 6.05. The first kappa shape index (κ1) is 38.0. The second kappa shape index (κ2) is 16.1. The summed E-state index contributed by atoms with van der Waals surface area (Å²) in [5.41, 5.74) is -2.51. The highest BCUT2D eigenvalue weighted by Gasteiger charge is 2.52. The van der Waals surface area contributed by atoms with Crippen molar-refractivity contribution in [2.24, 2.45) is 17.3 Å². The number of hydrogen-bond acceptors (Lipinski definition) is 10. The summed E-state index contributed by atoms with van der Waals surface area (Å²) < 4.78 is 38.5. The number of nitrogens with zero attached hydrogens (tertiary/aromatic N) is 3. The third-order valence-corrected chi connectivity index (χ3v) is 10.2. The van der Waals surface area contributed by atoms with Gasteiger partial charge in [0.15, 0.2) is 12.1 Å². The van der Waals surface area contributed by atoms with Gasteiger partial charge in [0.2, 0.25) is 0 Å². The second-order valence-corrected chi connectivity index (χ2v) is 14.7. The molecule has 10 atom stereocenters. The average molecular weight is 642 g/mol. The summed E-state index contributed by atoms with van der Waals surface area (Å²) in [4.78, 5) is 34.2. The van der Waals surface area contributed by atoms with Crippen LogP contribution in [0.1, 0.15) is 66.7 Å². The van der Waals surface area contributed by atoms with E-state index in [-0.39, 0.29) is 30.7 Å². The Labute approximate surface area is 270 Å². The third kappa shape index (κ3) is 9.33. The lowest BCUT2D eigenvalue weighted by atomic mass is 9.73. The van der Waals surface area contributed by atoms with E-state index < -0.39 is 53.4 Å². The molecule has 3 fully saturated rings. The first-order chi connectivity index (χ1) is 21.0. The lowest BCUT2D eigenvalue weighted by Gasteiger charge is -2.47. The number of cyclic esters (lactones) is 1. The topological polar surface area (TPSA) is 101 Å². The van der Waals surface area contributed by atoms with E-state index in [9.17, 15) is 19.1 Å². The van der Waals surface area contributed by atoms with E-state index in [2.05, 4.69) is 23.3 Å². The average Bonchev–Trinajstić information content (AvgIpc) is 3.39. The van der Waals surface area contributed by atoms with Crippen LogP contribution < -0.4 is 0 Å². The molecule has 0 unspecified atom stereocenters. The van der Waals surface area contributed by atoms with E-state index in [0.717, 1.165) is 25.9 Å². The minimum atomic E-state index is -1.50. The predicted molar refractivity (Wildman–Crippen MR) is 172 cm³/mol. The van der Waals surface area contributed by atoms with E-state index >= 15 is 0 Å². The Bertz CT molecular complexity index is 999. The SMILES string of the molecule is C=C[C@H]1C(=O)C(C)(C)C(=O)OC[C@H](CCCN2CC[C@@H](F)C2)N(C)C[C@H](C)C[C@@](C)(OC)[C@@H]1O[C@@H]1O[C@H](C)C[C@H](N(C)C)[C@H]1O. The number of ether oxygens (including phenoxy) is 4. The molecule has 3 aliphatic rings. The molecule has 260 valence electrons. The van der Waals surface area contributed by atoms with Gasteiger partial charge >= 0.3 is 5.97 Å². The number of likely N-dealkylation sites (N-methyl/N-ethyl adjacent to an activating group) is 2. The van der Waals surface area contributed by atoms with Gasteiger partial charge in [-0.25, -0.2) is 4.39 Å². The molecule has 0 amide bonds. The van der Waals surface area contributed by atoms with E-state index in [0.29, 0.717) is 32.4 Å². The monoisotopic (exact) mass is 641 g/mol. The Morgan fingerprint density at radius 2 is 1.89 bits per heavy atom. The summed E-state index contributed by atoms with van der Waals surface area (Å²) in [6.45, 7) is 16.0. The maximum absolute atomic E-state index is 14.3. The van der Waals surface area contributed by atoms with Gasteiger partial charge in [-0.1, -0.05) is 13.0 Å². The van der Waals surface area contributed by atoms with Crippen LogP contribution in [0.15, 0.2) is 12.7 Å². The Morgan fingerprint density at radius 1 is 1.20 bits per heavy atom. The first-order valence-corrected chi connectivity index (χ1v) is 16.6. The van der Waals surface area contributed by atoms with Crippen molar-refractivity contribution < 1.29 is 38.0 Å². The molecule has 11 heteroatoms. The number of halogens is 1. The Morgan fingerprint density at radius 3 is 2.47 bits per heavy atom. The van der Waals surface area contributed by atoms with Crippen molar-refractivity contribution >= 4 is 11.8 Å². The Kier molecular flexibility index (Phi) is 13.6. The minimum Gasteiger partial charge on any atom is -0.463 e. The summed E-state index contributed by atoms with van der Waals surface area (Å²) >= 11 is 0. The molecule has 3 aliphatic heterocycles. The van der Waals surface area contributed by atoms with Crippen LogP contribution in [0.3, 0.4) is 0 Å². The predicted octanol–water partition coefficient (Wildman–Crippen LogP) is 3.31. The second-order valence-electron chi connectivity index (χ2n) is 14.7. The summed E-state index contributed by atoms with van der Waals surface area (Å²) in [7, 11) is 7.44. The van der Waals surface area contributed by atoms with Crippen LogP contribution in [0.5, 0.6) is 0 Å². The molecule has 0 bridgehead atoms. The molecule has 0 aromatic rings. The third-order valence-electron chi connectivity index (χ3n) is 10.2. The molecule has 0 aromatic carbocycles. The quantitative estimate of drug-likeness (QED) is 0.229. The van der Waals surface area contributed by atoms with Crippen molar-refractivity contribution in [3.05, 3.63) is 12.7 Å². The summed E-state index contributed by atoms with van der Waals surface area (Å²) in [5.74, 6) is -1.87. The summed E-state index contributed by atoms with van der Waals surface area (Å²) in [6.07, 6.45) is 1.00. The molecule has 3 heterocycles. The number of alkyl halides is 1. The molecular weight excluding hydrogens is 581 g/mol. The van der Waals surface area contributed by atoms with Crippen molar-refractivity contribution in [3.8, 4) is 0 Å². The summed E-state index contributed by atoms with van der Waals surface area (Å²) in [6, 6.07) is -0.280. The van der Waals surface area contributed by atoms with Crippen LogP contribution in [0, 0.1) is 17.3 Å². The van der Waals surface area contributed by atoms with Crippen molar-refractivity contribution in [2.45, 2.75) is 115 Å². The smallest absolute Gasteiger partial charge is 0.319 e. The van der Waals surface area contributed by atoms with Crippen LogP contribution >= 0.6 is 0 Å². The zero-order valence-electron chi connectivity index (χ0n) is 29.2. The number of ketones is 1. The van der Waals surface area contributed by atoms with Crippen LogP contribution in [-0.2, 0) is 28.5 Å². The number of carbonyl (C=O) groups is 2. The maximum atomic E-state index is 14.3. The number of esters is 1. The molecule has 0 spiro atoms. The number of methoxy groups -OCH3 is 1. The number of aliphatic hydroxyl groups excluding tert-OH is 1. The minimum absolute atomic E-state index is 0.0712. The molecule has 10 nitrogen and oxygen atoms in total. The van der Waals surface area contributed by atoms with Crippen molar-refractivity contribution in [1.29, 1.82) is 0 Å². The van der Waals surface area contributed by atoms with E-state index in [4.69, 9.17) is 18.9 Å². The molecule has 0 aliphatic carbocycles. The fourth-order valence-electron chi connectivity index (χ4n) is 7.33. The van der Waals surface area contributed by atoms with Gasteiger partial charge in [0.25, 0.3) is 0 Å². The molecule has 3 saturated heterocycles. The van der Waals surface area contributed by atoms with Crippen molar-refractivity contribution in [2.75, 3.05) is 61.0 Å². The van der Waals surface area contributed by atoms with Gasteiger partial charge in [0.05, 0.1) is 17.6 Å². The van der Waals surface area contributed by atoms with Crippen molar-refractivity contribution in [3.63, 3.8) is 0 Å². The molecule has 0 radical (unpaired) electrons. The van der Waals surface area contributed by atoms with E-state index in [1.165, 1.54) is 6.08 Å². The highest BCUT2D eigenvalue weighted by atomic mass is 19.1. The van der Waals surface area contributed by atoms with Gasteiger partial charge in [0, 0.05) is 38.8 Å². The molecule has 45 heavy (non-hydrogen) atoms. The van der Waals surface area contributed by atoms with Gasteiger partial charge in [-0.3, -0.25) is 14.5 Å². The zero-order valence-corrected chi connectivity index (χ0v) is 29.2. The molecule has 1 N–H and O–H groups in total. The normalized spacial score (nSPS) is 39.6. The maximum Gasteiger partial charge on any atom is 0.319 e. The summed E-state index contributed by atoms with van der Waals surface area (Å²) in [5, 5.41) is 11.3. The van der Waals surface area contributed by atoms with Gasteiger partial charge in [-0.15, -0.1) is 6.58 Å². The van der Waals surface area contributed by atoms with Crippen LogP contribution in [0.25, 0.3) is 0 Å². The zero-order chi connectivity index (χ0) is 33.7. The molecular formula is C34H60FN3O7. The van der Waals surface area contributed by atoms with Gasteiger partial charge in [0.1, 0.15) is 30.4 Å². The number of carbonyl (C=O) groups excluding carboxylic acids is 2. The number of likely N-dealkylation sites (tertiary alicyclic amines) is 1. The lowest BCUT2D eigenvalue weighted by molar-refractivity contribution is -0.294. The first-order valence-electron chi connectivity index (χ1n) is 16.6.